The molecule has 0 aromatic rings. The van der Waals surface area contributed by atoms with Gasteiger partial charge in [-0.2, -0.15) is 0 Å². The standard InChI is InChI=1S/C32H54N10O4.Cu/c43-41(44)22-14-13-21-23(24(22)42(45)46)32-39-30-20-12-6-5-11-19(20)28(37-30)35-26-16-8-2-1-7-15(16)25(33-26)34-27-17-9-3-4-10-18(17)29(36-27)38-31(21)40-32;/h15-40H,1-14H2;/q;+2. The number of hydrogen-bond acceptors (Lipinski definition) is 12. The van der Waals surface area contributed by atoms with Crippen LogP contribution in [0.4, 0.5) is 0 Å². The molecule has 18 unspecified atom stereocenters. The molecule has 9 rings (SSSR count). The first-order valence-electron chi connectivity index (χ1n) is 18.8. The first-order chi connectivity index (χ1) is 22.4. The van der Waals surface area contributed by atoms with Crippen LogP contribution < -0.4 is 42.5 Å². The molecule has 18 atom stereocenters. The van der Waals surface area contributed by atoms with Gasteiger partial charge in [0.1, 0.15) is 0 Å². The summed E-state index contributed by atoms with van der Waals surface area (Å²) in [5.41, 5.74) is 0. The second-order valence-electron chi connectivity index (χ2n) is 16.4. The van der Waals surface area contributed by atoms with Crippen LogP contribution in [0, 0.1) is 67.6 Å². The Morgan fingerprint density at radius 1 is 0.383 bits per heavy atom. The van der Waals surface area contributed by atoms with Crippen LogP contribution in [0.5, 0.6) is 0 Å². The average Bonchev–Trinajstić information content (AvgIpc) is 3.80. The van der Waals surface area contributed by atoms with Gasteiger partial charge < -0.3 is 0 Å². The Balaban J connectivity index is 0.00000324. The van der Waals surface area contributed by atoms with E-state index < -0.39 is 18.0 Å². The van der Waals surface area contributed by atoms with Gasteiger partial charge in [-0.15, -0.1) is 0 Å². The van der Waals surface area contributed by atoms with E-state index in [0.29, 0.717) is 41.9 Å². The number of fused-ring (bicyclic) bond motifs is 20. The van der Waals surface area contributed by atoms with Crippen LogP contribution in [-0.2, 0) is 17.1 Å². The minimum absolute atomic E-state index is 0. The maximum Gasteiger partial charge on any atom is 2.00 e. The summed E-state index contributed by atoms with van der Waals surface area (Å²) >= 11 is 0. The maximum atomic E-state index is 12.6. The topological polar surface area (TPSA) is 183 Å². The summed E-state index contributed by atoms with van der Waals surface area (Å²) in [5, 5.41) is 56.8. The van der Waals surface area contributed by atoms with Crippen LogP contribution in [0.15, 0.2) is 0 Å². The summed E-state index contributed by atoms with van der Waals surface area (Å²) < 4.78 is 0. The molecule has 5 saturated heterocycles. The predicted molar refractivity (Wildman–Crippen MR) is 170 cm³/mol. The molecule has 265 valence electrons. The van der Waals surface area contributed by atoms with Crippen molar-refractivity contribution in [3.8, 4) is 0 Å². The van der Waals surface area contributed by atoms with E-state index in [-0.39, 0.29) is 88.6 Å². The minimum atomic E-state index is -1.22. The molecule has 5 aliphatic heterocycles. The molecule has 8 N–H and O–H groups in total. The summed E-state index contributed by atoms with van der Waals surface area (Å²) in [5.74, 6) is 2.58. The number of nitro groups is 2. The molecule has 0 aromatic heterocycles. The molecule has 14 nitrogen and oxygen atoms in total. The van der Waals surface area contributed by atoms with Crippen LogP contribution in [0.2, 0.25) is 0 Å². The molecule has 15 heteroatoms. The number of hydrogen-bond donors (Lipinski definition) is 8. The Bertz CT molecular complexity index is 1190. The van der Waals surface area contributed by atoms with E-state index >= 15 is 0 Å². The number of nitrogens with zero attached hydrogens (tertiary/aromatic N) is 2. The predicted octanol–water partition coefficient (Wildman–Crippen LogP) is 1.11. The van der Waals surface area contributed by atoms with Gasteiger partial charge in [-0.05, 0) is 80.5 Å². The van der Waals surface area contributed by atoms with Crippen molar-refractivity contribution in [2.75, 3.05) is 0 Å². The molecular formula is C32H54CuN10O4+2. The van der Waals surface area contributed by atoms with E-state index in [1.807, 2.05) is 0 Å². The number of nitrogens with one attached hydrogen (secondary N) is 8. The van der Waals surface area contributed by atoms with Crippen LogP contribution in [0.3, 0.4) is 0 Å². The Morgan fingerprint density at radius 3 is 0.979 bits per heavy atom. The molecule has 0 aromatic carbocycles. The van der Waals surface area contributed by atoms with Crippen LogP contribution >= 0.6 is 0 Å². The summed E-state index contributed by atoms with van der Waals surface area (Å²) in [6.07, 6.45) is 15.9. The van der Waals surface area contributed by atoms with Crippen molar-refractivity contribution in [1.29, 1.82) is 0 Å². The zero-order valence-electron chi connectivity index (χ0n) is 27.1. The van der Waals surface area contributed by atoms with Crippen LogP contribution in [0.25, 0.3) is 0 Å². The zero-order chi connectivity index (χ0) is 31.1. The SMILES string of the molecule is O=[N+]([O-])C1CCC2C3NC4NC(NC5NC(NC6NC(NC(N3)C2C1[N+](=O)[O-])C1CCCCC61)C1CCCCC51)C1CCCCC41.[Cu+2]. The van der Waals surface area contributed by atoms with Gasteiger partial charge in [-0.3, -0.25) is 62.8 Å². The van der Waals surface area contributed by atoms with Crippen LogP contribution in [-0.4, -0.2) is 71.3 Å². The Hall–Kier alpha value is -1.00. The third-order valence-corrected chi connectivity index (χ3v) is 14.5. The first kappa shape index (κ1) is 33.2. The minimum Gasteiger partial charge on any atom is -0.286 e. The Labute approximate surface area is 287 Å². The van der Waals surface area contributed by atoms with E-state index in [1.165, 1.54) is 70.6 Å². The van der Waals surface area contributed by atoms with E-state index in [4.69, 9.17) is 0 Å². The Morgan fingerprint density at radius 2 is 0.681 bits per heavy atom. The summed E-state index contributed by atoms with van der Waals surface area (Å²) in [6, 6.07) is -2.38. The van der Waals surface area contributed by atoms with E-state index in [1.54, 1.807) is 0 Å². The Kier molecular flexibility index (Phi) is 9.37. The average molecular weight is 706 g/mol. The maximum absolute atomic E-state index is 12.6. The second kappa shape index (κ2) is 13.3. The van der Waals surface area contributed by atoms with Crippen molar-refractivity contribution in [2.45, 2.75) is 151 Å². The van der Waals surface area contributed by atoms with Gasteiger partial charge in [-0.25, -0.2) is 0 Å². The van der Waals surface area contributed by atoms with Crippen molar-refractivity contribution >= 4 is 0 Å². The van der Waals surface area contributed by atoms with Gasteiger partial charge >= 0.3 is 17.1 Å². The van der Waals surface area contributed by atoms with Gasteiger partial charge in [0.25, 0.3) is 12.1 Å². The molecule has 1 radical (unpaired) electrons. The molecule has 5 heterocycles. The molecule has 4 saturated carbocycles. The van der Waals surface area contributed by atoms with Gasteiger partial charge in [0.15, 0.2) is 0 Å². The van der Waals surface area contributed by atoms with Crippen molar-refractivity contribution in [3.05, 3.63) is 20.2 Å². The molecule has 0 amide bonds. The fourth-order valence-electron chi connectivity index (χ4n) is 12.5. The third-order valence-electron chi connectivity index (χ3n) is 14.5. The molecule has 47 heavy (non-hydrogen) atoms. The van der Waals surface area contributed by atoms with Gasteiger partial charge in [0, 0.05) is 22.2 Å². The molecule has 0 spiro atoms. The van der Waals surface area contributed by atoms with Crippen molar-refractivity contribution in [2.24, 2.45) is 47.3 Å². The second-order valence-corrected chi connectivity index (χ2v) is 16.4. The third kappa shape index (κ3) is 5.68. The van der Waals surface area contributed by atoms with Gasteiger partial charge in [0.2, 0.25) is 0 Å². The summed E-state index contributed by atoms with van der Waals surface area (Å²) in [7, 11) is 0. The fourth-order valence-corrected chi connectivity index (χ4v) is 12.5. The van der Waals surface area contributed by atoms with E-state index in [2.05, 4.69) is 42.5 Å². The molecule has 9 fully saturated rings. The molecule has 4 aliphatic carbocycles. The van der Waals surface area contributed by atoms with Crippen molar-refractivity contribution in [1.82, 2.24) is 42.5 Å². The zero-order valence-corrected chi connectivity index (χ0v) is 28.1. The van der Waals surface area contributed by atoms with E-state index in [0.717, 1.165) is 6.42 Å². The first-order valence-corrected chi connectivity index (χ1v) is 18.8. The van der Waals surface area contributed by atoms with Crippen molar-refractivity contribution in [3.63, 3.8) is 0 Å². The molecule has 8 bridgehead atoms. The normalized spacial score (nSPS) is 53.5. The van der Waals surface area contributed by atoms with E-state index in [9.17, 15) is 20.2 Å². The fraction of sp³-hybridized carbons (Fsp3) is 1.00. The van der Waals surface area contributed by atoms with Gasteiger partial charge in [0.05, 0.1) is 55.2 Å². The largest absolute Gasteiger partial charge is 2.00 e. The van der Waals surface area contributed by atoms with Crippen LogP contribution in [0.1, 0.15) is 89.9 Å². The molecular weight excluding hydrogens is 652 g/mol. The summed E-state index contributed by atoms with van der Waals surface area (Å²) in [4.78, 5) is 24.1. The number of rotatable bonds is 2. The smallest absolute Gasteiger partial charge is 0.286 e. The molecule has 9 aliphatic rings. The quantitative estimate of drug-likeness (QED) is 0.117. The summed E-state index contributed by atoms with van der Waals surface area (Å²) in [6.45, 7) is 0. The monoisotopic (exact) mass is 705 g/mol. The van der Waals surface area contributed by atoms with Gasteiger partial charge in [-0.1, -0.05) is 38.5 Å². The van der Waals surface area contributed by atoms with Crippen molar-refractivity contribution < 1.29 is 26.9 Å².